The molecule has 2 nitrogen and oxygen atoms in total. The molecule has 0 amide bonds. The largest absolute Gasteiger partial charge is 0.233 e. The van der Waals surface area contributed by atoms with Crippen LogP contribution in [0.3, 0.4) is 0 Å². The first-order valence-electron chi connectivity index (χ1n) is 8.12. The summed E-state index contributed by atoms with van der Waals surface area (Å²) in [7, 11) is 0. The van der Waals surface area contributed by atoms with E-state index in [0.29, 0.717) is 11.3 Å². The zero-order chi connectivity index (χ0) is 16.5. The lowest BCUT2D eigenvalue weighted by Gasteiger charge is -2.18. The van der Waals surface area contributed by atoms with Crippen LogP contribution in [0.2, 0.25) is 0 Å². The average Bonchev–Trinajstić information content (AvgIpc) is 2.36. The number of aromatic nitrogens is 2. The van der Waals surface area contributed by atoms with Crippen LogP contribution in [0.5, 0.6) is 0 Å². The third-order valence-corrected chi connectivity index (χ3v) is 3.85. The lowest BCUT2D eigenvalue weighted by atomic mass is 9.88. The second kappa shape index (κ2) is 6.20. The van der Waals surface area contributed by atoms with E-state index in [1.54, 1.807) is 0 Å². The highest BCUT2D eigenvalue weighted by atomic mass is 14.9. The van der Waals surface area contributed by atoms with E-state index in [2.05, 4.69) is 72.7 Å². The highest BCUT2D eigenvalue weighted by Crippen LogP contribution is 2.26. The molecule has 0 saturated heterocycles. The van der Waals surface area contributed by atoms with Crippen molar-refractivity contribution in [1.29, 1.82) is 0 Å². The minimum atomic E-state index is 0.310. The Kier molecular flexibility index (Phi) is 4.69. The molecule has 1 heterocycles. The van der Waals surface area contributed by atoms with Gasteiger partial charge in [0.05, 0.1) is 0 Å². The van der Waals surface area contributed by atoms with Crippen LogP contribution in [0.15, 0.2) is 24.3 Å². The Morgan fingerprint density at radius 2 is 1.41 bits per heavy atom. The predicted octanol–water partition coefficient (Wildman–Crippen LogP) is 5.47. The van der Waals surface area contributed by atoms with E-state index in [1.165, 1.54) is 11.1 Å². The Morgan fingerprint density at radius 1 is 0.909 bits per heavy atom. The fourth-order valence-electron chi connectivity index (χ4n) is 3.07. The van der Waals surface area contributed by atoms with Crippen molar-refractivity contribution in [3.63, 3.8) is 0 Å². The van der Waals surface area contributed by atoms with Gasteiger partial charge in [-0.25, -0.2) is 9.97 Å². The van der Waals surface area contributed by atoms with Crippen LogP contribution in [-0.4, -0.2) is 9.97 Å². The number of aryl methyl sites for hydroxylation is 2. The van der Waals surface area contributed by atoms with E-state index >= 15 is 0 Å². The smallest absolute Gasteiger partial charge is 0.159 e. The number of benzene rings is 1. The van der Waals surface area contributed by atoms with Gasteiger partial charge in [-0.3, -0.25) is 0 Å². The molecule has 0 atom stereocenters. The van der Waals surface area contributed by atoms with Crippen LogP contribution in [0.25, 0.3) is 11.4 Å². The van der Waals surface area contributed by atoms with Gasteiger partial charge in [-0.1, -0.05) is 58.9 Å². The Hall–Kier alpha value is -1.70. The van der Waals surface area contributed by atoms with E-state index in [4.69, 9.17) is 9.97 Å². The number of rotatable bonds is 3. The first kappa shape index (κ1) is 16.7. The van der Waals surface area contributed by atoms with E-state index in [9.17, 15) is 0 Å². The van der Waals surface area contributed by atoms with E-state index in [0.717, 1.165) is 29.2 Å². The van der Waals surface area contributed by atoms with Crippen molar-refractivity contribution in [3.8, 4) is 11.4 Å². The van der Waals surface area contributed by atoms with E-state index < -0.39 is 0 Å². The van der Waals surface area contributed by atoms with Gasteiger partial charge in [0.1, 0.15) is 0 Å². The van der Waals surface area contributed by atoms with Crippen LogP contribution >= 0.6 is 0 Å². The first-order chi connectivity index (χ1) is 10.2. The van der Waals surface area contributed by atoms with Crippen molar-refractivity contribution in [3.05, 3.63) is 46.8 Å². The lowest BCUT2D eigenvalue weighted by Crippen LogP contribution is -2.09. The molecule has 0 aliphatic heterocycles. The number of nitrogens with zero attached hydrogens (tertiary/aromatic N) is 2. The fourth-order valence-corrected chi connectivity index (χ4v) is 3.07. The SMILES string of the molecule is Cc1nc(-c2ccc(CC(C)(C)C)cc2)nc(C)c1C(C)C. The highest BCUT2D eigenvalue weighted by Gasteiger charge is 2.14. The molecular weight excluding hydrogens is 268 g/mol. The molecule has 0 bridgehead atoms. The summed E-state index contributed by atoms with van der Waals surface area (Å²) in [5.41, 5.74) is 6.23. The van der Waals surface area contributed by atoms with Crippen LogP contribution in [0.1, 0.15) is 63.1 Å². The minimum Gasteiger partial charge on any atom is -0.233 e. The Morgan fingerprint density at radius 3 is 1.82 bits per heavy atom. The standard InChI is InChI=1S/C20H28N2/c1-13(2)18-14(3)21-19(22-15(18)4)17-10-8-16(9-11-17)12-20(5,6)7/h8-11,13H,12H2,1-7H3. The molecule has 0 N–H and O–H groups in total. The lowest BCUT2D eigenvalue weighted by molar-refractivity contribution is 0.411. The van der Waals surface area contributed by atoms with Gasteiger partial charge >= 0.3 is 0 Å². The van der Waals surface area contributed by atoms with Crippen LogP contribution < -0.4 is 0 Å². The summed E-state index contributed by atoms with van der Waals surface area (Å²) < 4.78 is 0. The molecule has 0 spiro atoms. The number of hydrogen-bond donors (Lipinski definition) is 0. The normalized spacial score (nSPS) is 12.0. The molecule has 1 aromatic heterocycles. The monoisotopic (exact) mass is 296 g/mol. The van der Waals surface area contributed by atoms with Crippen LogP contribution in [-0.2, 0) is 6.42 Å². The average molecular weight is 296 g/mol. The Balaban J connectivity index is 2.33. The zero-order valence-corrected chi connectivity index (χ0v) is 15.0. The van der Waals surface area contributed by atoms with Crippen molar-refractivity contribution in [1.82, 2.24) is 9.97 Å². The molecule has 0 aliphatic rings. The molecule has 2 heteroatoms. The topological polar surface area (TPSA) is 25.8 Å². The van der Waals surface area contributed by atoms with Gasteiger partial charge in [-0.15, -0.1) is 0 Å². The van der Waals surface area contributed by atoms with Gasteiger partial charge in [0.15, 0.2) is 5.82 Å². The van der Waals surface area contributed by atoms with Crippen molar-refractivity contribution in [2.75, 3.05) is 0 Å². The summed E-state index contributed by atoms with van der Waals surface area (Å²) in [5, 5.41) is 0. The molecule has 0 aliphatic carbocycles. The molecule has 2 rings (SSSR count). The molecule has 0 unspecified atom stereocenters. The maximum Gasteiger partial charge on any atom is 0.159 e. The second-order valence-electron chi connectivity index (χ2n) is 7.72. The molecule has 2 aromatic rings. The fraction of sp³-hybridized carbons (Fsp3) is 0.500. The summed E-state index contributed by atoms with van der Waals surface area (Å²) in [4.78, 5) is 9.44. The van der Waals surface area contributed by atoms with Crippen molar-refractivity contribution in [2.24, 2.45) is 5.41 Å². The second-order valence-corrected chi connectivity index (χ2v) is 7.72. The Labute approximate surface area is 135 Å². The summed E-state index contributed by atoms with van der Waals surface area (Å²) in [6.07, 6.45) is 1.08. The molecule has 0 fully saturated rings. The highest BCUT2D eigenvalue weighted by molar-refractivity contribution is 5.56. The van der Waals surface area contributed by atoms with E-state index in [1.807, 2.05) is 0 Å². The van der Waals surface area contributed by atoms with Crippen LogP contribution in [0, 0.1) is 19.3 Å². The maximum absolute atomic E-state index is 4.72. The van der Waals surface area contributed by atoms with Gasteiger partial charge in [-0.2, -0.15) is 0 Å². The predicted molar refractivity (Wildman–Crippen MR) is 94.2 cm³/mol. The third-order valence-electron chi connectivity index (χ3n) is 3.85. The van der Waals surface area contributed by atoms with Crippen molar-refractivity contribution >= 4 is 0 Å². The molecular formula is C20H28N2. The third kappa shape index (κ3) is 3.94. The van der Waals surface area contributed by atoms with Crippen LogP contribution in [0.4, 0.5) is 0 Å². The Bertz CT molecular complexity index is 623. The molecule has 0 radical (unpaired) electrons. The van der Waals surface area contributed by atoms with Gasteiger partial charge < -0.3 is 0 Å². The summed E-state index contributed by atoms with van der Waals surface area (Å²) in [6.45, 7) is 15.4. The summed E-state index contributed by atoms with van der Waals surface area (Å²) >= 11 is 0. The minimum absolute atomic E-state index is 0.310. The van der Waals surface area contributed by atoms with Gasteiger partial charge in [0.2, 0.25) is 0 Å². The zero-order valence-electron chi connectivity index (χ0n) is 15.0. The molecule has 118 valence electrons. The van der Waals surface area contributed by atoms with E-state index in [-0.39, 0.29) is 0 Å². The van der Waals surface area contributed by atoms with Crippen molar-refractivity contribution < 1.29 is 0 Å². The van der Waals surface area contributed by atoms with Gasteiger partial charge in [0.25, 0.3) is 0 Å². The number of hydrogen-bond acceptors (Lipinski definition) is 2. The van der Waals surface area contributed by atoms with Crippen molar-refractivity contribution in [2.45, 2.75) is 60.8 Å². The first-order valence-corrected chi connectivity index (χ1v) is 8.12. The summed E-state index contributed by atoms with van der Waals surface area (Å²) in [5.74, 6) is 1.30. The molecule has 0 saturated carbocycles. The molecule has 1 aromatic carbocycles. The maximum atomic E-state index is 4.72. The quantitative estimate of drug-likeness (QED) is 0.750. The molecule has 22 heavy (non-hydrogen) atoms. The van der Waals surface area contributed by atoms with Gasteiger partial charge in [-0.05, 0) is 42.7 Å². The summed E-state index contributed by atoms with van der Waals surface area (Å²) in [6, 6.07) is 8.69. The van der Waals surface area contributed by atoms with Gasteiger partial charge in [0, 0.05) is 17.0 Å².